The van der Waals surface area contributed by atoms with E-state index in [0.29, 0.717) is 6.10 Å². The Morgan fingerprint density at radius 1 is 1.32 bits per heavy atom. The Bertz CT molecular complexity index is 589. The summed E-state index contributed by atoms with van der Waals surface area (Å²) in [6.07, 6.45) is 4.34. The van der Waals surface area contributed by atoms with Crippen LogP contribution in [0.1, 0.15) is 57.7 Å². The van der Waals surface area contributed by atoms with Crippen LogP contribution < -0.4 is 5.32 Å². The van der Waals surface area contributed by atoms with Crippen molar-refractivity contribution in [2.75, 3.05) is 46.5 Å². The summed E-state index contributed by atoms with van der Waals surface area (Å²) in [7, 11) is 1.73. The summed E-state index contributed by atoms with van der Waals surface area (Å²) in [6.45, 7) is 13.9. The number of aliphatic imine (C=N–C) groups is 1. The lowest BCUT2D eigenvalue weighted by Crippen LogP contribution is -2.47. The van der Waals surface area contributed by atoms with Gasteiger partial charge in [-0.25, -0.2) is 4.98 Å². The highest BCUT2D eigenvalue weighted by Gasteiger charge is 2.22. The molecule has 2 heterocycles. The first kappa shape index (κ1) is 23.1. The predicted molar refractivity (Wildman–Crippen MR) is 118 cm³/mol. The van der Waals surface area contributed by atoms with E-state index in [1.54, 1.807) is 18.4 Å². The van der Waals surface area contributed by atoms with Gasteiger partial charge in [0.1, 0.15) is 0 Å². The number of methoxy groups -OCH3 is 1. The van der Waals surface area contributed by atoms with E-state index in [1.807, 2.05) is 0 Å². The maximum Gasteiger partial charge on any atom is 0.193 e. The molecule has 0 unspecified atom stereocenters. The first-order valence-corrected chi connectivity index (χ1v) is 11.4. The van der Waals surface area contributed by atoms with Crippen LogP contribution in [-0.4, -0.2) is 68.4 Å². The van der Waals surface area contributed by atoms with Gasteiger partial charge in [0.05, 0.1) is 16.8 Å². The van der Waals surface area contributed by atoms with Gasteiger partial charge in [-0.1, -0.05) is 20.8 Å². The number of nitrogens with zero attached hydrogens (tertiary/aromatic N) is 3. The number of rotatable bonds is 9. The van der Waals surface area contributed by atoms with Gasteiger partial charge in [0.2, 0.25) is 0 Å². The normalized spacial score (nSPS) is 16.6. The molecule has 0 atom stereocenters. The van der Waals surface area contributed by atoms with Crippen molar-refractivity contribution in [3.05, 3.63) is 16.1 Å². The van der Waals surface area contributed by atoms with Crippen molar-refractivity contribution in [3.63, 3.8) is 0 Å². The summed E-state index contributed by atoms with van der Waals surface area (Å²) < 4.78 is 11.0. The molecule has 0 aromatic carbocycles. The van der Waals surface area contributed by atoms with Crippen LogP contribution in [0.3, 0.4) is 0 Å². The van der Waals surface area contributed by atoms with Crippen molar-refractivity contribution in [1.82, 2.24) is 15.2 Å². The zero-order chi connectivity index (χ0) is 20.4. The van der Waals surface area contributed by atoms with Crippen molar-refractivity contribution >= 4 is 17.3 Å². The fourth-order valence-electron chi connectivity index (χ4n) is 3.14. The van der Waals surface area contributed by atoms with Gasteiger partial charge in [0.25, 0.3) is 0 Å². The predicted octanol–water partition coefficient (Wildman–Crippen LogP) is 3.47. The molecule has 0 aliphatic carbocycles. The monoisotopic (exact) mass is 410 g/mol. The van der Waals surface area contributed by atoms with Crippen LogP contribution in [-0.2, 0) is 21.3 Å². The lowest BCUT2D eigenvalue weighted by molar-refractivity contribution is 0.00991. The molecule has 0 amide bonds. The molecule has 0 radical (unpaired) electrons. The minimum Gasteiger partial charge on any atom is -0.385 e. The number of aromatic nitrogens is 1. The van der Waals surface area contributed by atoms with Crippen molar-refractivity contribution in [2.45, 2.75) is 64.9 Å². The van der Waals surface area contributed by atoms with Crippen molar-refractivity contribution in [1.29, 1.82) is 0 Å². The van der Waals surface area contributed by atoms with Crippen LogP contribution >= 0.6 is 11.3 Å². The average molecular weight is 411 g/mol. The third kappa shape index (κ3) is 7.68. The Morgan fingerprint density at radius 3 is 2.68 bits per heavy atom. The number of thiazole rings is 1. The highest BCUT2D eigenvalue weighted by Crippen LogP contribution is 2.24. The molecule has 1 aromatic rings. The number of likely N-dealkylation sites (tertiary alicyclic amines) is 1. The van der Waals surface area contributed by atoms with E-state index in [1.165, 1.54) is 10.7 Å². The van der Waals surface area contributed by atoms with Crippen LogP contribution in [0.15, 0.2) is 10.4 Å². The third-order valence-corrected chi connectivity index (χ3v) is 5.74. The van der Waals surface area contributed by atoms with Gasteiger partial charge in [-0.3, -0.25) is 4.99 Å². The maximum atomic E-state index is 5.97. The van der Waals surface area contributed by atoms with E-state index in [4.69, 9.17) is 19.5 Å². The zero-order valence-electron chi connectivity index (χ0n) is 18.3. The van der Waals surface area contributed by atoms with E-state index in [0.717, 1.165) is 71.0 Å². The lowest BCUT2D eigenvalue weighted by atomic mass is 9.93. The molecule has 1 saturated heterocycles. The van der Waals surface area contributed by atoms with E-state index < -0.39 is 0 Å². The number of hydrogen-bond acceptors (Lipinski definition) is 5. The molecule has 1 fully saturated rings. The highest BCUT2D eigenvalue weighted by molar-refractivity contribution is 7.09. The molecular formula is C21H38N4O2S. The average Bonchev–Trinajstić information content (AvgIpc) is 3.15. The van der Waals surface area contributed by atoms with Gasteiger partial charge in [-0.15, -0.1) is 11.3 Å². The lowest BCUT2D eigenvalue weighted by Gasteiger charge is -2.34. The van der Waals surface area contributed by atoms with Crippen LogP contribution in [0, 0.1) is 0 Å². The third-order valence-electron chi connectivity index (χ3n) is 4.83. The van der Waals surface area contributed by atoms with Gasteiger partial charge >= 0.3 is 0 Å². The van der Waals surface area contributed by atoms with E-state index in [-0.39, 0.29) is 5.41 Å². The minimum atomic E-state index is 0.114. The van der Waals surface area contributed by atoms with Gasteiger partial charge < -0.3 is 19.7 Å². The Hall–Kier alpha value is -1.18. The Balaban J connectivity index is 1.80. The standard InChI is InChI=1S/C21H38N4O2S/c1-6-22-20(23-11-8-19-24-18(16-28-19)21(2,3)4)25-12-9-17(10-13-25)27-15-7-14-26-5/h16-17H,6-15H2,1-5H3,(H,22,23). The summed E-state index contributed by atoms with van der Waals surface area (Å²) in [4.78, 5) is 12.0. The number of ether oxygens (including phenoxy) is 2. The molecule has 1 aliphatic heterocycles. The van der Waals surface area contributed by atoms with Crippen molar-refractivity contribution in [2.24, 2.45) is 4.99 Å². The first-order chi connectivity index (χ1) is 13.4. The fourth-order valence-corrected chi connectivity index (χ4v) is 4.16. The summed E-state index contributed by atoms with van der Waals surface area (Å²) in [6, 6.07) is 0. The minimum absolute atomic E-state index is 0.114. The molecule has 7 heteroatoms. The van der Waals surface area contributed by atoms with Crippen LogP contribution in [0.4, 0.5) is 0 Å². The second kappa shape index (κ2) is 11.7. The Kier molecular flexibility index (Phi) is 9.68. The molecule has 0 saturated carbocycles. The smallest absolute Gasteiger partial charge is 0.193 e. The SMILES string of the molecule is CCNC(=NCCc1nc(C(C)(C)C)cs1)N1CCC(OCCCOC)CC1. The van der Waals surface area contributed by atoms with Crippen LogP contribution in [0.25, 0.3) is 0 Å². The van der Waals surface area contributed by atoms with E-state index >= 15 is 0 Å². The van der Waals surface area contributed by atoms with Gasteiger partial charge in [-0.2, -0.15) is 0 Å². The summed E-state index contributed by atoms with van der Waals surface area (Å²) >= 11 is 1.75. The summed E-state index contributed by atoms with van der Waals surface area (Å²) in [5, 5.41) is 6.80. The Morgan fingerprint density at radius 2 is 2.07 bits per heavy atom. The van der Waals surface area contributed by atoms with Crippen LogP contribution in [0.2, 0.25) is 0 Å². The number of piperidine rings is 1. The molecule has 28 heavy (non-hydrogen) atoms. The largest absolute Gasteiger partial charge is 0.385 e. The quantitative estimate of drug-likeness (QED) is 0.384. The van der Waals surface area contributed by atoms with Gasteiger partial charge in [0.15, 0.2) is 5.96 Å². The molecule has 0 bridgehead atoms. The summed E-state index contributed by atoms with van der Waals surface area (Å²) in [5.74, 6) is 1.02. The summed E-state index contributed by atoms with van der Waals surface area (Å²) in [5.41, 5.74) is 1.29. The van der Waals surface area contributed by atoms with E-state index in [9.17, 15) is 0 Å². The molecule has 160 valence electrons. The van der Waals surface area contributed by atoms with Gasteiger partial charge in [0, 0.05) is 63.7 Å². The second-order valence-electron chi connectivity index (χ2n) is 8.27. The molecule has 1 N–H and O–H groups in total. The number of guanidine groups is 1. The molecule has 2 rings (SSSR count). The number of hydrogen-bond donors (Lipinski definition) is 1. The van der Waals surface area contributed by atoms with Crippen LogP contribution in [0.5, 0.6) is 0 Å². The van der Waals surface area contributed by atoms with E-state index in [2.05, 4.69) is 43.3 Å². The molecule has 6 nitrogen and oxygen atoms in total. The fraction of sp³-hybridized carbons (Fsp3) is 0.810. The molecule has 1 aromatic heterocycles. The van der Waals surface area contributed by atoms with Crippen molar-refractivity contribution < 1.29 is 9.47 Å². The molecule has 0 spiro atoms. The molecule has 1 aliphatic rings. The number of nitrogens with one attached hydrogen (secondary N) is 1. The molecular weight excluding hydrogens is 372 g/mol. The highest BCUT2D eigenvalue weighted by atomic mass is 32.1. The zero-order valence-corrected chi connectivity index (χ0v) is 19.1. The first-order valence-electron chi connectivity index (χ1n) is 10.5. The second-order valence-corrected chi connectivity index (χ2v) is 9.21. The topological polar surface area (TPSA) is 59.0 Å². The Labute approximate surface area is 174 Å². The maximum absolute atomic E-state index is 5.97. The van der Waals surface area contributed by atoms with Gasteiger partial charge in [-0.05, 0) is 26.2 Å². The van der Waals surface area contributed by atoms with Crippen molar-refractivity contribution in [3.8, 4) is 0 Å².